The number of hydrogen-bond acceptors (Lipinski definition) is 6. The van der Waals surface area contributed by atoms with Crippen molar-refractivity contribution in [3.63, 3.8) is 0 Å². The monoisotopic (exact) mass is 618 g/mol. The molecule has 2 unspecified atom stereocenters. The van der Waals surface area contributed by atoms with E-state index in [0.29, 0.717) is 18.0 Å². The number of benzene rings is 2. The van der Waals surface area contributed by atoms with Crippen molar-refractivity contribution in [1.82, 2.24) is 25.8 Å². The second-order valence-electron chi connectivity index (χ2n) is 12.8. The summed E-state index contributed by atoms with van der Waals surface area (Å²) < 4.78 is 0. The number of carbonyl (C=O) groups is 4. The average Bonchev–Trinajstić information content (AvgIpc) is 2.97. The van der Waals surface area contributed by atoms with Crippen molar-refractivity contribution in [2.24, 2.45) is 11.7 Å². The maximum atomic E-state index is 13.3. The van der Waals surface area contributed by atoms with Gasteiger partial charge in [-0.05, 0) is 57.2 Å². The minimum Gasteiger partial charge on any atom is -0.389 e. The number of aromatic nitrogens is 1. The quantitative estimate of drug-likeness (QED) is 0.186. The smallest absolute Gasteiger partial charge is 0.317 e. The highest BCUT2D eigenvalue weighted by atomic mass is 16.3. The second kappa shape index (κ2) is 16.0. The van der Waals surface area contributed by atoms with Gasteiger partial charge in [0.25, 0.3) is 5.91 Å². The molecule has 0 radical (unpaired) electrons. The highest BCUT2D eigenvalue weighted by molar-refractivity contribution is 5.98. The number of primary amides is 1. The molecule has 0 aliphatic rings. The van der Waals surface area contributed by atoms with Crippen LogP contribution in [-0.2, 0) is 16.0 Å². The highest BCUT2D eigenvalue weighted by Gasteiger charge is 2.30. The Hall–Kier alpha value is -4.51. The lowest BCUT2D eigenvalue weighted by molar-refractivity contribution is -0.127. The predicted molar refractivity (Wildman–Crippen MR) is 174 cm³/mol. The molecule has 3 rings (SSSR count). The number of fused-ring (bicyclic) bond motifs is 1. The molecule has 3 atom stereocenters. The fraction of sp³-hybridized carbons (Fsp3) is 0.441. The number of nitrogens with one attached hydrogen (secondary N) is 3. The number of rotatable bonds is 14. The summed E-state index contributed by atoms with van der Waals surface area (Å²) in [5, 5.41) is 20.6. The van der Waals surface area contributed by atoms with Gasteiger partial charge in [-0.15, -0.1) is 0 Å². The van der Waals surface area contributed by atoms with Gasteiger partial charge in [0.05, 0.1) is 30.6 Å². The van der Waals surface area contributed by atoms with Crippen LogP contribution < -0.4 is 21.7 Å². The van der Waals surface area contributed by atoms with Gasteiger partial charge in [-0.3, -0.25) is 14.4 Å². The van der Waals surface area contributed by atoms with Crippen molar-refractivity contribution in [2.45, 2.75) is 77.6 Å². The number of aliphatic hydroxyl groups is 1. The molecular weight excluding hydrogens is 572 g/mol. The van der Waals surface area contributed by atoms with Gasteiger partial charge in [-0.25, -0.2) is 9.78 Å². The maximum Gasteiger partial charge on any atom is 0.317 e. The van der Waals surface area contributed by atoms with E-state index in [4.69, 9.17) is 5.73 Å². The summed E-state index contributed by atoms with van der Waals surface area (Å²) in [5.41, 5.74) is 6.63. The number of nitrogens with zero attached hydrogens (tertiary/aromatic N) is 2. The van der Waals surface area contributed by atoms with E-state index >= 15 is 0 Å². The number of hydrogen-bond donors (Lipinski definition) is 5. The molecule has 0 bridgehead atoms. The molecule has 5 amide bonds. The van der Waals surface area contributed by atoms with Gasteiger partial charge in [-0.1, -0.05) is 68.4 Å². The van der Waals surface area contributed by atoms with Gasteiger partial charge in [0.2, 0.25) is 11.8 Å². The van der Waals surface area contributed by atoms with Gasteiger partial charge in [0.1, 0.15) is 11.7 Å². The first kappa shape index (κ1) is 35.0. The van der Waals surface area contributed by atoms with Crippen LogP contribution >= 0.6 is 0 Å². The minimum absolute atomic E-state index is 0.0317. The third-order valence-corrected chi connectivity index (χ3v) is 7.13. The number of amides is 5. The van der Waals surface area contributed by atoms with Gasteiger partial charge < -0.3 is 31.7 Å². The molecular formula is C34H46N6O5. The van der Waals surface area contributed by atoms with Crippen molar-refractivity contribution >= 4 is 34.7 Å². The Balaban J connectivity index is 1.75. The second-order valence-corrected chi connectivity index (χ2v) is 12.8. The molecule has 0 saturated carbocycles. The Kier molecular flexibility index (Phi) is 12.4. The third kappa shape index (κ3) is 11.5. The lowest BCUT2D eigenvalue weighted by Crippen LogP contribution is -2.55. The van der Waals surface area contributed by atoms with E-state index in [1.54, 1.807) is 23.1 Å². The Bertz CT molecular complexity index is 1460. The van der Waals surface area contributed by atoms with Crippen LogP contribution in [0, 0.1) is 5.92 Å². The van der Waals surface area contributed by atoms with Crippen molar-refractivity contribution in [3.05, 3.63) is 78.0 Å². The Morgan fingerprint density at radius 1 is 0.933 bits per heavy atom. The summed E-state index contributed by atoms with van der Waals surface area (Å²) in [7, 11) is 0. The Morgan fingerprint density at radius 2 is 1.60 bits per heavy atom. The molecule has 11 heteroatoms. The van der Waals surface area contributed by atoms with E-state index in [1.165, 1.54) is 6.07 Å². The van der Waals surface area contributed by atoms with Crippen molar-refractivity contribution in [1.29, 1.82) is 0 Å². The van der Waals surface area contributed by atoms with Crippen LogP contribution in [0.1, 0.15) is 63.5 Å². The van der Waals surface area contributed by atoms with Gasteiger partial charge >= 0.3 is 6.03 Å². The number of urea groups is 1. The van der Waals surface area contributed by atoms with E-state index < -0.39 is 47.9 Å². The van der Waals surface area contributed by atoms with Gasteiger partial charge in [0.15, 0.2) is 0 Å². The van der Waals surface area contributed by atoms with Gasteiger partial charge in [-0.2, -0.15) is 0 Å². The first-order chi connectivity index (χ1) is 21.2. The fourth-order valence-corrected chi connectivity index (χ4v) is 4.69. The molecule has 0 spiro atoms. The Labute approximate surface area is 265 Å². The van der Waals surface area contributed by atoms with Crippen molar-refractivity contribution < 1.29 is 24.3 Å². The maximum absolute atomic E-state index is 13.3. The van der Waals surface area contributed by atoms with Gasteiger partial charge in [0, 0.05) is 17.5 Å². The molecule has 45 heavy (non-hydrogen) atoms. The van der Waals surface area contributed by atoms with E-state index in [0.717, 1.165) is 17.4 Å². The topological polar surface area (TPSA) is 167 Å². The average molecular weight is 619 g/mol. The SMILES string of the molecule is CC(C)CCN(CC(O)[C@H](Cc1ccccc1)NC(=O)CC(NC(=O)c1ccc2ccccc2n1)C(N)=O)C(=O)NC(C)(C)C. The minimum atomic E-state index is -1.32. The molecule has 3 aromatic rings. The zero-order chi connectivity index (χ0) is 33.1. The summed E-state index contributed by atoms with van der Waals surface area (Å²) in [6, 6.07) is 17.4. The molecule has 1 aromatic heterocycles. The van der Waals surface area contributed by atoms with E-state index in [2.05, 4.69) is 34.8 Å². The Morgan fingerprint density at radius 3 is 2.24 bits per heavy atom. The molecule has 2 aromatic carbocycles. The molecule has 242 valence electrons. The first-order valence-electron chi connectivity index (χ1n) is 15.3. The summed E-state index contributed by atoms with van der Waals surface area (Å²) in [6.07, 6.45) is -0.600. The fourth-order valence-electron chi connectivity index (χ4n) is 4.69. The number of carbonyl (C=O) groups excluding carboxylic acids is 4. The molecule has 0 saturated heterocycles. The zero-order valence-corrected chi connectivity index (χ0v) is 26.7. The summed E-state index contributed by atoms with van der Waals surface area (Å²) in [6.45, 7) is 10.1. The van der Waals surface area contributed by atoms with Crippen LogP contribution in [0.3, 0.4) is 0 Å². The van der Waals surface area contributed by atoms with E-state index in [-0.39, 0.29) is 24.7 Å². The third-order valence-electron chi connectivity index (χ3n) is 7.13. The lowest BCUT2D eigenvalue weighted by Gasteiger charge is -2.33. The molecule has 11 nitrogen and oxygen atoms in total. The van der Waals surface area contributed by atoms with Crippen molar-refractivity contribution in [2.75, 3.05) is 13.1 Å². The molecule has 6 N–H and O–H groups in total. The van der Waals surface area contributed by atoms with Crippen LogP contribution in [0.5, 0.6) is 0 Å². The summed E-state index contributed by atoms with van der Waals surface area (Å²) in [4.78, 5) is 57.6. The van der Waals surface area contributed by atoms with E-state index in [1.807, 2.05) is 63.2 Å². The summed E-state index contributed by atoms with van der Waals surface area (Å²) >= 11 is 0. The first-order valence-corrected chi connectivity index (χ1v) is 15.3. The number of para-hydroxylation sites is 1. The summed E-state index contributed by atoms with van der Waals surface area (Å²) in [5.74, 6) is -1.81. The van der Waals surface area contributed by atoms with Crippen LogP contribution in [-0.4, -0.2) is 75.6 Å². The zero-order valence-electron chi connectivity index (χ0n) is 26.7. The molecule has 0 aliphatic heterocycles. The number of pyridine rings is 1. The highest BCUT2D eigenvalue weighted by Crippen LogP contribution is 2.14. The van der Waals surface area contributed by atoms with E-state index in [9.17, 15) is 24.3 Å². The lowest BCUT2D eigenvalue weighted by atomic mass is 9.99. The van der Waals surface area contributed by atoms with Crippen LogP contribution in [0.25, 0.3) is 10.9 Å². The number of nitrogens with two attached hydrogens (primary N) is 1. The van der Waals surface area contributed by atoms with Crippen molar-refractivity contribution in [3.8, 4) is 0 Å². The van der Waals surface area contributed by atoms with Crippen LogP contribution in [0.4, 0.5) is 4.79 Å². The number of aliphatic hydroxyl groups excluding tert-OH is 1. The largest absolute Gasteiger partial charge is 0.389 e. The molecule has 0 aliphatic carbocycles. The standard InChI is InChI=1S/C34H46N6O5/c1-22(2)17-18-40(33(45)39-34(3,4)5)21-29(41)27(19-23-11-7-6-8-12-23)37-30(42)20-28(31(35)43)38-32(44)26-16-15-24-13-9-10-14-25(24)36-26/h6-16,22,27-29,41H,17-21H2,1-5H3,(H2,35,43)(H,37,42)(H,38,44)(H,39,45)/t27-,28?,29?/m0/s1. The molecule has 0 fully saturated rings. The predicted octanol–water partition coefficient (Wildman–Crippen LogP) is 3.15. The normalized spacial score (nSPS) is 13.5. The molecule has 1 heterocycles. The van der Waals surface area contributed by atoms with Crippen LogP contribution in [0.2, 0.25) is 0 Å². The van der Waals surface area contributed by atoms with Crippen LogP contribution in [0.15, 0.2) is 66.7 Å².